The highest BCUT2D eigenvalue weighted by Gasteiger charge is 2.06. The molecule has 21 heavy (non-hydrogen) atoms. The van der Waals surface area contributed by atoms with Crippen molar-refractivity contribution in [1.82, 2.24) is 10.6 Å². The third kappa shape index (κ3) is 6.42. The Morgan fingerprint density at radius 1 is 1.38 bits per heavy atom. The lowest BCUT2D eigenvalue weighted by molar-refractivity contribution is 0.179. The van der Waals surface area contributed by atoms with Crippen molar-refractivity contribution in [2.45, 2.75) is 13.0 Å². The van der Waals surface area contributed by atoms with Crippen LogP contribution in [0.2, 0.25) is 10.0 Å². The molecule has 0 aliphatic carbocycles. The van der Waals surface area contributed by atoms with Crippen molar-refractivity contribution in [1.29, 1.82) is 0 Å². The van der Waals surface area contributed by atoms with Gasteiger partial charge in [-0.2, -0.15) is 0 Å². The second-order valence-corrected chi connectivity index (χ2v) is 5.19. The number of guanidine groups is 1. The number of methoxy groups -OCH3 is 1. The third-order valence-corrected chi connectivity index (χ3v) is 3.39. The van der Waals surface area contributed by atoms with Crippen LogP contribution in [0.25, 0.3) is 0 Å². The molecule has 0 saturated heterocycles. The first kappa shape index (κ1) is 17.9. The molecule has 1 rings (SSSR count). The van der Waals surface area contributed by atoms with Crippen LogP contribution in [0.15, 0.2) is 23.2 Å². The molecule has 1 unspecified atom stereocenters. The first-order valence-electron chi connectivity index (χ1n) is 6.61. The van der Waals surface area contributed by atoms with E-state index < -0.39 is 0 Å². The van der Waals surface area contributed by atoms with Gasteiger partial charge >= 0.3 is 0 Å². The minimum Gasteiger partial charge on any atom is -0.490 e. The first-order chi connectivity index (χ1) is 10.1. The summed E-state index contributed by atoms with van der Waals surface area (Å²) in [7, 11) is 3.38. The third-order valence-electron chi connectivity index (χ3n) is 2.59. The largest absolute Gasteiger partial charge is 0.490 e. The van der Waals surface area contributed by atoms with Crippen molar-refractivity contribution in [3.63, 3.8) is 0 Å². The lowest BCUT2D eigenvalue weighted by Gasteiger charge is -2.17. The van der Waals surface area contributed by atoms with E-state index in [1.54, 1.807) is 32.4 Å². The van der Waals surface area contributed by atoms with E-state index in [2.05, 4.69) is 15.6 Å². The average Bonchev–Trinajstić information content (AvgIpc) is 2.46. The van der Waals surface area contributed by atoms with Crippen molar-refractivity contribution in [3.05, 3.63) is 28.2 Å². The Kier molecular flexibility index (Phi) is 8.27. The van der Waals surface area contributed by atoms with Gasteiger partial charge in [-0.3, -0.25) is 4.99 Å². The molecule has 1 atom stereocenters. The van der Waals surface area contributed by atoms with Crippen molar-refractivity contribution in [3.8, 4) is 5.75 Å². The summed E-state index contributed by atoms with van der Waals surface area (Å²) < 4.78 is 10.6. The van der Waals surface area contributed by atoms with E-state index in [4.69, 9.17) is 32.7 Å². The van der Waals surface area contributed by atoms with Crippen molar-refractivity contribution >= 4 is 29.2 Å². The van der Waals surface area contributed by atoms with Gasteiger partial charge < -0.3 is 20.1 Å². The highest BCUT2D eigenvalue weighted by Crippen LogP contribution is 2.31. The van der Waals surface area contributed by atoms with Crippen LogP contribution in [-0.2, 0) is 4.74 Å². The summed E-state index contributed by atoms with van der Waals surface area (Å²) >= 11 is 12.0. The second kappa shape index (κ2) is 9.71. The van der Waals surface area contributed by atoms with Gasteiger partial charge in [0.15, 0.2) is 5.96 Å². The Bertz CT molecular complexity index is 470. The topological polar surface area (TPSA) is 54.9 Å². The molecule has 0 fully saturated rings. The number of hydrogen-bond donors (Lipinski definition) is 2. The maximum absolute atomic E-state index is 6.04. The summed E-state index contributed by atoms with van der Waals surface area (Å²) in [5.74, 6) is 1.27. The zero-order valence-corrected chi connectivity index (χ0v) is 14.0. The average molecular weight is 334 g/mol. The van der Waals surface area contributed by atoms with Gasteiger partial charge in [0.2, 0.25) is 0 Å². The van der Waals surface area contributed by atoms with Crippen LogP contribution >= 0.6 is 23.2 Å². The van der Waals surface area contributed by atoms with Crippen molar-refractivity contribution < 1.29 is 9.47 Å². The molecule has 118 valence electrons. The van der Waals surface area contributed by atoms with Gasteiger partial charge in [-0.05, 0) is 19.1 Å². The van der Waals surface area contributed by atoms with E-state index in [9.17, 15) is 0 Å². The molecule has 7 heteroatoms. The number of halogens is 2. The van der Waals surface area contributed by atoms with Gasteiger partial charge in [-0.1, -0.05) is 29.3 Å². The van der Waals surface area contributed by atoms with Crippen LogP contribution < -0.4 is 15.4 Å². The Labute approximate surface area is 135 Å². The molecular weight excluding hydrogens is 313 g/mol. The molecule has 2 N–H and O–H groups in total. The molecule has 1 aromatic carbocycles. The molecule has 0 aliphatic heterocycles. The van der Waals surface area contributed by atoms with E-state index >= 15 is 0 Å². The van der Waals surface area contributed by atoms with Gasteiger partial charge in [-0.15, -0.1) is 0 Å². The van der Waals surface area contributed by atoms with E-state index in [1.165, 1.54) is 0 Å². The Hall–Kier alpha value is -1.17. The Balaban J connectivity index is 2.34. The van der Waals surface area contributed by atoms with Crippen molar-refractivity contribution in [2.24, 2.45) is 4.99 Å². The predicted molar refractivity (Wildman–Crippen MR) is 87.8 cm³/mol. The number of ether oxygens (including phenoxy) is 2. The maximum Gasteiger partial charge on any atom is 0.191 e. The minimum absolute atomic E-state index is 0.171. The maximum atomic E-state index is 6.04. The number of aliphatic imine (C=N–C) groups is 1. The zero-order valence-electron chi connectivity index (χ0n) is 12.5. The van der Waals surface area contributed by atoms with E-state index in [0.29, 0.717) is 41.5 Å². The number of hydrogen-bond acceptors (Lipinski definition) is 3. The molecule has 0 spiro atoms. The fourth-order valence-corrected chi connectivity index (χ4v) is 1.99. The van der Waals surface area contributed by atoms with E-state index in [1.807, 2.05) is 6.92 Å². The van der Waals surface area contributed by atoms with Gasteiger partial charge in [0.05, 0.1) is 18.2 Å². The summed E-state index contributed by atoms with van der Waals surface area (Å²) in [6.07, 6.45) is 0. The first-order valence-corrected chi connectivity index (χ1v) is 7.37. The summed E-state index contributed by atoms with van der Waals surface area (Å²) in [6.45, 7) is 3.65. The molecule has 0 amide bonds. The van der Waals surface area contributed by atoms with Crippen LogP contribution in [0.1, 0.15) is 6.92 Å². The van der Waals surface area contributed by atoms with Crippen LogP contribution in [-0.4, -0.2) is 45.9 Å². The van der Waals surface area contributed by atoms with Crippen LogP contribution in [0.3, 0.4) is 0 Å². The van der Waals surface area contributed by atoms with E-state index in [-0.39, 0.29) is 6.04 Å². The fourth-order valence-electron chi connectivity index (χ4n) is 1.65. The molecule has 0 aromatic heterocycles. The molecular formula is C14H21Cl2N3O2. The van der Waals surface area contributed by atoms with Gasteiger partial charge in [-0.25, -0.2) is 0 Å². The molecule has 0 radical (unpaired) electrons. The number of nitrogens with zero attached hydrogens (tertiary/aromatic N) is 1. The second-order valence-electron chi connectivity index (χ2n) is 4.40. The summed E-state index contributed by atoms with van der Waals surface area (Å²) in [4.78, 5) is 4.12. The SMILES string of the molecule is CN=C(NCCOc1cccc(Cl)c1Cl)NC(C)COC. The lowest BCUT2D eigenvalue weighted by atomic mass is 10.3. The number of nitrogens with one attached hydrogen (secondary N) is 2. The zero-order chi connectivity index (χ0) is 15.7. The van der Waals surface area contributed by atoms with Crippen molar-refractivity contribution in [2.75, 3.05) is 33.9 Å². The number of benzene rings is 1. The summed E-state index contributed by atoms with van der Waals surface area (Å²) in [5.41, 5.74) is 0. The molecule has 0 saturated carbocycles. The fraction of sp³-hybridized carbons (Fsp3) is 0.500. The Morgan fingerprint density at radius 2 is 2.14 bits per heavy atom. The molecule has 0 aliphatic rings. The quantitative estimate of drug-likeness (QED) is 0.457. The van der Waals surface area contributed by atoms with Crippen LogP contribution in [0.4, 0.5) is 0 Å². The predicted octanol–water partition coefficient (Wildman–Crippen LogP) is 2.57. The minimum atomic E-state index is 0.171. The molecule has 0 heterocycles. The van der Waals surface area contributed by atoms with Gasteiger partial charge in [0.1, 0.15) is 17.4 Å². The highest BCUT2D eigenvalue weighted by molar-refractivity contribution is 6.42. The Morgan fingerprint density at radius 3 is 2.81 bits per heavy atom. The molecule has 1 aromatic rings. The normalized spacial score (nSPS) is 12.9. The molecule has 5 nitrogen and oxygen atoms in total. The van der Waals surface area contributed by atoms with Gasteiger partial charge in [0, 0.05) is 20.2 Å². The smallest absolute Gasteiger partial charge is 0.191 e. The lowest BCUT2D eigenvalue weighted by Crippen LogP contribution is -2.45. The highest BCUT2D eigenvalue weighted by atomic mass is 35.5. The van der Waals surface area contributed by atoms with Crippen LogP contribution in [0.5, 0.6) is 5.75 Å². The standard InChI is InChI=1S/C14H21Cl2N3O2/c1-10(9-20-3)19-14(17-2)18-7-8-21-12-6-4-5-11(15)13(12)16/h4-6,10H,7-9H2,1-3H3,(H2,17,18,19). The molecule has 0 bridgehead atoms. The summed E-state index contributed by atoms with van der Waals surface area (Å²) in [6, 6.07) is 5.47. The number of rotatable bonds is 7. The van der Waals surface area contributed by atoms with Gasteiger partial charge in [0.25, 0.3) is 0 Å². The van der Waals surface area contributed by atoms with Crippen LogP contribution in [0, 0.1) is 0 Å². The summed E-state index contributed by atoms with van der Waals surface area (Å²) in [5, 5.41) is 7.25. The van der Waals surface area contributed by atoms with E-state index in [0.717, 1.165) is 0 Å². The monoisotopic (exact) mass is 333 g/mol.